The van der Waals surface area contributed by atoms with Crippen molar-refractivity contribution in [1.82, 2.24) is 4.98 Å². The van der Waals surface area contributed by atoms with Crippen LogP contribution in [0.2, 0.25) is 0 Å². The lowest BCUT2D eigenvalue weighted by Crippen LogP contribution is -2.39. The number of anilines is 2. The Hall–Kier alpha value is -2.47. The van der Waals surface area contributed by atoms with E-state index in [1.807, 2.05) is 12.1 Å². The van der Waals surface area contributed by atoms with Crippen LogP contribution in [0.5, 0.6) is 5.75 Å². The van der Waals surface area contributed by atoms with Gasteiger partial charge in [-0.15, -0.1) is 0 Å². The minimum absolute atomic E-state index is 0.0318. The normalized spacial score (nSPS) is 26.2. The molecule has 1 aromatic carbocycles. The Morgan fingerprint density at radius 1 is 1.21 bits per heavy atom. The first-order valence-electron chi connectivity index (χ1n) is 10.2. The first-order valence-corrected chi connectivity index (χ1v) is 10.2. The van der Waals surface area contributed by atoms with E-state index in [1.165, 1.54) is 12.0 Å². The molecule has 0 unspecified atom stereocenters. The highest BCUT2D eigenvalue weighted by molar-refractivity contribution is 5.57. The number of H-pyrrole nitrogens is 1. The van der Waals surface area contributed by atoms with Gasteiger partial charge in [0.1, 0.15) is 11.6 Å². The number of aromatic nitrogens is 1. The smallest absolute Gasteiger partial charge is 0.251 e. The van der Waals surface area contributed by atoms with Crippen LogP contribution in [-0.4, -0.2) is 51.0 Å². The zero-order valence-corrected chi connectivity index (χ0v) is 16.3. The summed E-state index contributed by atoms with van der Waals surface area (Å²) in [6, 6.07) is 12.5. The first kappa shape index (κ1) is 17.6. The van der Waals surface area contributed by atoms with Gasteiger partial charge in [-0.05, 0) is 36.3 Å². The van der Waals surface area contributed by atoms with E-state index in [4.69, 9.17) is 9.47 Å². The van der Waals surface area contributed by atoms with Crippen molar-refractivity contribution in [1.29, 1.82) is 0 Å². The molecule has 3 atom stereocenters. The average molecular weight is 381 g/mol. The van der Waals surface area contributed by atoms with Gasteiger partial charge in [-0.25, -0.2) is 0 Å². The first-order chi connectivity index (χ1) is 13.7. The fourth-order valence-electron chi connectivity index (χ4n) is 4.88. The predicted molar refractivity (Wildman–Crippen MR) is 110 cm³/mol. The zero-order valence-electron chi connectivity index (χ0n) is 16.3. The van der Waals surface area contributed by atoms with Crippen molar-refractivity contribution in [3.8, 4) is 5.75 Å². The molecule has 1 aromatic heterocycles. The van der Waals surface area contributed by atoms with Crippen LogP contribution in [0, 0.1) is 11.8 Å². The van der Waals surface area contributed by atoms with Crippen LogP contribution in [0.3, 0.4) is 0 Å². The number of rotatable bonds is 5. The van der Waals surface area contributed by atoms with Gasteiger partial charge in [0, 0.05) is 43.5 Å². The molecule has 0 bridgehead atoms. The lowest BCUT2D eigenvalue weighted by atomic mass is 10.0. The van der Waals surface area contributed by atoms with Crippen LogP contribution in [0.25, 0.3) is 0 Å². The van der Waals surface area contributed by atoms with E-state index in [-0.39, 0.29) is 5.56 Å². The molecule has 3 aliphatic rings. The summed E-state index contributed by atoms with van der Waals surface area (Å²) < 4.78 is 11.0. The SMILES string of the molecule is COc1ccccc1C[C@H]1[C@H]2C[C@H]2CN1c1cc(N2CCOCC2)cc(=O)[nH]1. The van der Waals surface area contributed by atoms with Crippen molar-refractivity contribution in [2.45, 2.75) is 18.9 Å². The third-order valence-corrected chi connectivity index (χ3v) is 6.43. The Bertz CT molecular complexity index is 906. The molecule has 2 aromatic rings. The molecular weight excluding hydrogens is 354 g/mol. The second-order valence-electron chi connectivity index (χ2n) is 8.08. The summed E-state index contributed by atoms with van der Waals surface area (Å²) in [5.74, 6) is 3.35. The van der Waals surface area contributed by atoms with Gasteiger partial charge in [-0.2, -0.15) is 0 Å². The molecule has 1 saturated carbocycles. The maximum absolute atomic E-state index is 12.4. The molecule has 148 valence electrons. The number of hydrogen-bond donors (Lipinski definition) is 1. The Morgan fingerprint density at radius 2 is 2.04 bits per heavy atom. The van der Waals surface area contributed by atoms with Crippen molar-refractivity contribution in [2.75, 3.05) is 49.8 Å². The number of nitrogens with one attached hydrogen (secondary N) is 1. The lowest BCUT2D eigenvalue weighted by molar-refractivity contribution is 0.122. The fraction of sp³-hybridized carbons (Fsp3) is 0.500. The minimum atomic E-state index is -0.0318. The van der Waals surface area contributed by atoms with E-state index in [9.17, 15) is 4.79 Å². The Labute approximate surface area is 165 Å². The summed E-state index contributed by atoms with van der Waals surface area (Å²) >= 11 is 0. The molecule has 1 N–H and O–H groups in total. The molecule has 0 spiro atoms. The molecule has 28 heavy (non-hydrogen) atoms. The molecule has 6 heteroatoms. The van der Waals surface area contributed by atoms with Crippen molar-refractivity contribution in [3.05, 3.63) is 52.3 Å². The third-order valence-electron chi connectivity index (χ3n) is 6.43. The molecule has 3 heterocycles. The van der Waals surface area contributed by atoms with Gasteiger partial charge >= 0.3 is 0 Å². The number of morpholine rings is 1. The molecule has 6 nitrogen and oxygen atoms in total. The Kier molecular flexibility index (Phi) is 4.51. The van der Waals surface area contributed by atoms with Gasteiger partial charge < -0.3 is 24.3 Å². The van der Waals surface area contributed by atoms with Gasteiger partial charge in [-0.3, -0.25) is 4.79 Å². The molecule has 0 radical (unpaired) electrons. The average Bonchev–Trinajstić information content (AvgIpc) is 3.42. The van der Waals surface area contributed by atoms with Gasteiger partial charge in [0.15, 0.2) is 0 Å². The molecule has 3 fully saturated rings. The molecule has 1 aliphatic carbocycles. The second-order valence-corrected chi connectivity index (χ2v) is 8.08. The largest absolute Gasteiger partial charge is 0.496 e. The maximum Gasteiger partial charge on any atom is 0.251 e. The number of fused-ring (bicyclic) bond motifs is 1. The van der Waals surface area contributed by atoms with E-state index in [0.29, 0.717) is 25.2 Å². The molecule has 0 amide bonds. The van der Waals surface area contributed by atoms with Crippen molar-refractivity contribution >= 4 is 11.5 Å². The van der Waals surface area contributed by atoms with Crippen LogP contribution in [0.4, 0.5) is 11.5 Å². The number of benzene rings is 1. The summed E-state index contributed by atoms with van der Waals surface area (Å²) in [5.41, 5.74) is 2.20. The van der Waals surface area contributed by atoms with E-state index in [2.05, 4.69) is 33.0 Å². The van der Waals surface area contributed by atoms with Crippen LogP contribution in [0.1, 0.15) is 12.0 Å². The lowest BCUT2D eigenvalue weighted by Gasteiger charge is -2.32. The second kappa shape index (κ2) is 7.17. The van der Waals surface area contributed by atoms with Gasteiger partial charge in [0.2, 0.25) is 0 Å². The molecule has 2 aliphatic heterocycles. The van der Waals surface area contributed by atoms with E-state index >= 15 is 0 Å². The number of pyridine rings is 1. The number of hydrogen-bond acceptors (Lipinski definition) is 5. The zero-order chi connectivity index (χ0) is 19.1. The van der Waals surface area contributed by atoms with E-state index in [1.54, 1.807) is 13.2 Å². The summed E-state index contributed by atoms with van der Waals surface area (Å²) in [6.45, 7) is 4.11. The van der Waals surface area contributed by atoms with Crippen LogP contribution < -0.4 is 20.1 Å². The monoisotopic (exact) mass is 381 g/mol. The standard InChI is InChI=1S/C22H27N3O3/c1-27-20-5-3-2-4-15(20)11-19-18-10-16(18)14-25(19)21-12-17(13-22(26)23-21)24-6-8-28-9-7-24/h2-5,12-13,16,18-19H,6-11,14H2,1H3,(H,23,26)/t16-,18-,19-/m0/s1. The van der Waals surface area contributed by atoms with Crippen molar-refractivity contribution in [2.24, 2.45) is 11.8 Å². The minimum Gasteiger partial charge on any atom is -0.496 e. The summed E-state index contributed by atoms with van der Waals surface area (Å²) in [5, 5.41) is 0. The van der Waals surface area contributed by atoms with E-state index in [0.717, 1.165) is 49.2 Å². The number of aromatic amines is 1. The number of para-hydroxylation sites is 1. The topological polar surface area (TPSA) is 57.8 Å². The molecular formula is C22H27N3O3. The molecule has 5 rings (SSSR count). The number of ether oxygens (including phenoxy) is 2. The summed E-state index contributed by atoms with van der Waals surface area (Å²) in [4.78, 5) is 20.2. The van der Waals surface area contributed by atoms with Crippen LogP contribution in [0.15, 0.2) is 41.2 Å². The quantitative estimate of drug-likeness (QED) is 0.861. The Balaban J connectivity index is 1.43. The summed E-state index contributed by atoms with van der Waals surface area (Å²) in [6.07, 6.45) is 2.23. The maximum atomic E-state index is 12.4. The van der Waals surface area contributed by atoms with Gasteiger partial charge in [-0.1, -0.05) is 18.2 Å². The highest BCUT2D eigenvalue weighted by Crippen LogP contribution is 2.51. The van der Waals surface area contributed by atoms with E-state index < -0.39 is 0 Å². The fourth-order valence-corrected chi connectivity index (χ4v) is 4.88. The molecule has 2 saturated heterocycles. The third kappa shape index (κ3) is 3.26. The number of methoxy groups -OCH3 is 1. The number of piperidine rings is 1. The van der Waals surface area contributed by atoms with Gasteiger partial charge in [0.25, 0.3) is 5.56 Å². The number of nitrogens with zero attached hydrogens (tertiary/aromatic N) is 2. The Morgan fingerprint density at radius 3 is 2.86 bits per heavy atom. The van der Waals surface area contributed by atoms with Crippen LogP contribution >= 0.6 is 0 Å². The highest BCUT2D eigenvalue weighted by atomic mass is 16.5. The predicted octanol–water partition coefficient (Wildman–Crippen LogP) is 2.29. The van der Waals surface area contributed by atoms with Crippen LogP contribution in [-0.2, 0) is 11.2 Å². The summed E-state index contributed by atoms with van der Waals surface area (Å²) in [7, 11) is 1.73. The van der Waals surface area contributed by atoms with Crippen molar-refractivity contribution in [3.63, 3.8) is 0 Å². The van der Waals surface area contributed by atoms with Gasteiger partial charge in [0.05, 0.1) is 20.3 Å². The highest BCUT2D eigenvalue weighted by Gasteiger charge is 2.52. The van der Waals surface area contributed by atoms with Crippen molar-refractivity contribution < 1.29 is 9.47 Å².